The van der Waals surface area contributed by atoms with Gasteiger partial charge in [-0.1, -0.05) is 32.0 Å². The first kappa shape index (κ1) is 24.5. The van der Waals surface area contributed by atoms with Gasteiger partial charge in [0.1, 0.15) is 12.3 Å². The normalized spacial score (nSPS) is 17.1. The molecule has 0 spiro atoms. The molecule has 2 heterocycles. The molecule has 4 rings (SSSR count). The van der Waals surface area contributed by atoms with Gasteiger partial charge in [-0.15, -0.1) is 0 Å². The van der Waals surface area contributed by atoms with Crippen molar-refractivity contribution < 1.29 is 19.2 Å². The third-order valence-electron chi connectivity index (χ3n) is 6.61. The van der Waals surface area contributed by atoms with Gasteiger partial charge in [-0.05, 0) is 50.3 Å². The fourth-order valence-electron chi connectivity index (χ4n) is 5.04. The zero-order valence-electron chi connectivity index (χ0n) is 20.4. The number of fused-ring (bicyclic) bond motifs is 1. The fourth-order valence-corrected chi connectivity index (χ4v) is 5.04. The van der Waals surface area contributed by atoms with E-state index in [-0.39, 0.29) is 41.9 Å². The highest BCUT2D eigenvalue weighted by Crippen LogP contribution is 2.35. The molecular weight excluding hydrogens is 448 g/mol. The Labute approximate surface area is 205 Å². The number of hydrogen-bond acceptors (Lipinski definition) is 6. The maximum absolute atomic E-state index is 12.7. The summed E-state index contributed by atoms with van der Waals surface area (Å²) >= 11 is 0. The molecule has 0 saturated carbocycles. The number of nitrogens with one attached hydrogen (secondary N) is 1. The molecule has 1 unspecified atom stereocenters. The van der Waals surface area contributed by atoms with Crippen molar-refractivity contribution in [2.45, 2.75) is 58.7 Å². The van der Waals surface area contributed by atoms with Crippen LogP contribution in [0, 0.1) is 16.0 Å². The lowest BCUT2D eigenvalue weighted by Gasteiger charge is -2.40. The van der Waals surface area contributed by atoms with E-state index in [9.17, 15) is 19.7 Å². The molecule has 9 heteroatoms. The monoisotopic (exact) mass is 480 g/mol. The quantitative estimate of drug-likeness (QED) is 0.447. The Bertz CT molecular complexity index is 1110. The largest absolute Gasteiger partial charge is 0.444 e. The summed E-state index contributed by atoms with van der Waals surface area (Å²) < 4.78 is 5.36. The number of cyclic esters (lactones) is 1. The van der Waals surface area contributed by atoms with Gasteiger partial charge in [-0.3, -0.25) is 19.8 Å². The van der Waals surface area contributed by atoms with E-state index in [1.807, 2.05) is 36.1 Å². The first-order chi connectivity index (χ1) is 16.7. The van der Waals surface area contributed by atoms with E-state index >= 15 is 0 Å². The molecule has 2 aromatic rings. The topological polar surface area (TPSA) is 105 Å². The summed E-state index contributed by atoms with van der Waals surface area (Å²) in [6, 6.07) is 12.3. The van der Waals surface area contributed by atoms with Gasteiger partial charge in [0.2, 0.25) is 0 Å². The fraction of sp³-hybridized carbons (Fsp3) is 0.462. The van der Waals surface area contributed by atoms with Crippen LogP contribution in [0.5, 0.6) is 0 Å². The lowest BCUT2D eigenvalue weighted by Crippen LogP contribution is -2.49. The zero-order valence-corrected chi connectivity index (χ0v) is 20.4. The second-order valence-corrected chi connectivity index (χ2v) is 9.74. The molecule has 9 nitrogen and oxygen atoms in total. The first-order valence-corrected chi connectivity index (χ1v) is 12.1. The standard InChI is InChI=1S/C26H32N4O5/c1-17(2)14-18(3)27-25(31)19-8-9-23(24(15-19)30(33)34)28-12-10-21(11-13-28)29-22-7-5-4-6-20(22)16-35-26(29)32/h4-9,15,17-18,21H,10-14,16H2,1-3H3,(H,27,31). The molecule has 1 N–H and O–H groups in total. The molecule has 0 radical (unpaired) electrons. The number of carbonyl (C=O) groups is 2. The van der Waals surface area contributed by atoms with Gasteiger partial charge in [-0.2, -0.15) is 0 Å². The Hall–Kier alpha value is -3.62. The maximum Gasteiger partial charge on any atom is 0.414 e. The molecule has 0 bridgehead atoms. The summed E-state index contributed by atoms with van der Waals surface area (Å²) in [6.07, 6.45) is 1.77. The maximum atomic E-state index is 12.7. The highest BCUT2D eigenvalue weighted by molar-refractivity contribution is 5.96. The van der Waals surface area contributed by atoms with Crippen molar-refractivity contribution in [3.8, 4) is 0 Å². The van der Waals surface area contributed by atoms with Crippen LogP contribution in [0.2, 0.25) is 0 Å². The van der Waals surface area contributed by atoms with Crippen LogP contribution in [0.4, 0.5) is 21.9 Å². The summed E-state index contributed by atoms with van der Waals surface area (Å²) in [5.74, 6) is 0.124. The minimum absolute atomic E-state index is 0.0214. The number of amides is 2. The number of ether oxygens (including phenoxy) is 1. The molecule has 0 aliphatic carbocycles. The second kappa shape index (κ2) is 10.3. The second-order valence-electron chi connectivity index (χ2n) is 9.74. The molecule has 2 amide bonds. The summed E-state index contributed by atoms with van der Waals surface area (Å²) in [5, 5.41) is 14.8. The molecule has 186 valence electrons. The number of hydrogen-bond donors (Lipinski definition) is 1. The van der Waals surface area contributed by atoms with Crippen molar-refractivity contribution in [2.75, 3.05) is 22.9 Å². The van der Waals surface area contributed by atoms with Gasteiger partial charge in [0, 0.05) is 42.4 Å². The lowest BCUT2D eigenvalue weighted by atomic mass is 9.99. The molecule has 35 heavy (non-hydrogen) atoms. The number of benzene rings is 2. The van der Waals surface area contributed by atoms with E-state index in [0.29, 0.717) is 37.5 Å². The van der Waals surface area contributed by atoms with E-state index in [1.54, 1.807) is 17.0 Å². The van der Waals surface area contributed by atoms with Gasteiger partial charge >= 0.3 is 6.09 Å². The minimum atomic E-state index is -0.437. The average molecular weight is 481 g/mol. The van der Waals surface area contributed by atoms with Crippen LogP contribution in [0.15, 0.2) is 42.5 Å². The third kappa shape index (κ3) is 5.39. The Morgan fingerprint density at radius 1 is 1.14 bits per heavy atom. The summed E-state index contributed by atoms with van der Waals surface area (Å²) in [5.41, 5.74) is 2.52. The van der Waals surface area contributed by atoms with Crippen molar-refractivity contribution in [1.29, 1.82) is 0 Å². The molecule has 2 aliphatic heterocycles. The molecule has 1 saturated heterocycles. The van der Waals surface area contributed by atoms with Crippen LogP contribution in [-0.2, 0) is 11.3 Å². The summed E-state index contributed by atoms with van der Waals surface area (Å²) in [6.45, 7) is 7.47. The average Bonchev–Trinajstić information content (AvgIpc) is 2.83. The number of nitro benzene ring substituents is 1. The van der Waals surface area contributed by atoms with E-state index in [0.717, 1.165) is 17.7 Å². The number of rotatable bonds is 7. The van der Waals surface area contributed by atoms with Crippen molar-refractivity contribution >= 4 is 29.1 Å². The van der Waals surface area contributed by atoms with E-state index < -0.39 is 4.92 Å². The van der Waals surface area contributed by atoms with Gasteiger partial charge in [0.05, 0.1) is 10.6 Å². The zero-order chi connectivity index (χ0) is 25.1. The molecule has 0 aromatic heterocycles. The van der Waals surface area contributed by atoms with Crippen LogP contribution >= 0.6 is 0 Å². The highest BCUT2D eigenvalue weighted by atomic mass is 16.6. The number of anilines is 2. The molecule has 1 atom stereocenters. The predicted molar refractivity (Wildman–Crippen MR) is 134 cm³/mol. The molecule has 2 aromatic carbocycles. The Balaban J connectivity index is 1.47. The Kier molecular flexibility index (Phi) is 7.23. The number of carbonyl (C=O) groups excluding carboxylic acids is 2. The van der Waals surface area contributed by atoms with E-state index in [2.05, 4.69) is 19.2 Å². The lowest BCUT2D eigenvalue weighted by molar-refractivity contribution is -0.384. The van der Waals surface area contributed by atoms with Crippen molar-refractivity contribution in [2.24, 2.45) is 5.92 Å². The van der Waals surface area contributed by atoms with Crippen LogP contribution in [0.25, 0.3) is 0 Å². The van der Waals surface area contributed by atoms with Gasteiger partial charge in [-0.25, -0.2) is 4.79 Å². The van der Waals surface area contributed by atoms with E-state index in [4.69, 9.17) is 4.74 Å². The van der Waals surface area contributed by atoms with E-state index in [1.165, 1.54) is 6.07 Å². The van der Waals surface area contributed by atoms with Gasteiger partial charge in [0.15, 0.2) is 0 Å². The minimum Gasteiger partial charge on any atom is -0.444 e. The van der Waals surface area contributed by atoms with Crippen LogP contribution in [-0.4, -0.2) is 42.1 Å². The predicted octanol–water partition coefficient (Wildman–Crippen LogP) is 4.88. The Morgan fingerprint density at radius 2 is 1.86 bits per heavy atom. The Morgan fingerprint density at radius 3 is 2.54 bits per heavy atom. The number of nitro groups is 1. The number of piperidine rings is 1. The van der Waals surface area contributed by atoms with Crippen LogP contribution in [0.1, 0.15) is 56.0 Å². The van der Waals surface area contributed by atoms with Crippen LogP contribution in [0.3, 0.4) is 0 Å². The SMILES string of the molecule is CC(C)CC(C)NC(=O)c1ccc(N2CCC(N3C(=O)OCc4ccccc43)CC2)c([N+](=O)[O-])c1. The number of para-hydroxylation sites is 1. The molecule has 1 fully saturated rings. The van der Waals surface area contributed by atoms with Gasteiger partial charge < -0.3 is 15.0 Å². The van der Waals surface area contributed by atoms with Crippen molar-refractivity contribution in [1.82, 2.24) is 5.32 Å². The van der Waals surface area contributed by atoms with Crippen LogP contribution < -0.4 is 15.1 Å². The van der Waals surface area contributed by atoms with Gasteiger partial charge in [0.25, 0.3) is 11.6 Å². The third-order valence-corrected chi connectivity index (χ3v) is 6.61. The molecule has 2 aliphatic rings. The highest BCUT2D eigenvalue weighted by Gasteiger charge is 2.35. The first-order valence-electron chi connectivity index (χ1n) is 12.1. The van der Waals surface area contributed by atoms with Crippen molar-refractivity contribution in [3.05, 3.63) is 63.7 Å². The molecular formula is C26H32N4O5. The summed E-state index contributed by atoms with van der Waals surface area (Å²) in [4.78, 5) is 40.3. The van der Waals surface area contributed by atoms with Crippen molar-refractivity contribution in [3.63, 3.8) is 0 Å². The number of nitrogens with zero attached hydrogens (tertiary/aromatic N) is 3. The summed E-state index contributed by atoms with van der Waals surface area (Å²) in [7, 11) is 0. The smallest absolute Gasteiger partial charge is 0.414 e.